The van der Waals surface area contributed by atoms with E-state index >= 15 is 0 Å². The molecule has 14 heavy (non-hydrogen) atoms. The first-order chi connectivity index (χ1) is 6.43. The molecule has 0 spiro atoms. The van der Waals surface area contributed by atoms with Crippen molar-refractivity contribution < 1.29 is 15.0 Å². The van der Waals surface area contributed by atoms with Crippen LogP contribution in [0.1, 0.15) is 11.6 Å². The molecule has 0 heterocycles. The van der Waals surface area contributed by atoms with Crippen molar-refractivity contribution in [3.8, 4) is 5.75 Å². The minimum absolute atomic E-state index is 0.0198. The third-order valence-corrected chi connectivity index (χ3v) is 2.87. The Balaban J connectivity index is 3.19. The number of phenols is 1. The molecule has 1 rings (SSSR count). The Kier molecular flexibility index (Phi) is 3.52. The summed E-state index contributed by atoms with van der Waals surface area (Å²) in [6, 6.07) is 1.85. The first kappa shape index (κ1) is 11.5. The Hall–Kier alpha value is -0.590. The lowest BCUT2D eigenvalue weighted by Gasteiger charge is -2.09. The number of carbonyl (C=O) groups is 1. The molecular formula is C8H7Br2NO3. The van der Waals surface area contributed by atoms with E-state index in [4.69, 9.17) is 10.8 Å². The second kappa shape index (κ2) is 4.29. The summed E-state index contributed by atoms with van der Waals surface area (Å²) in [5.74, 6) is -1.10. The van der Waals surface area contributed by atoms with Crippen molar-refractivity contribution in [2.24, 2.45) is 5.73 Å². The van der Waals surface area contributed by atoms with Gasteiger partial charge in [0, 0.05) is 0 Å². The van der Waals surface area contributed by atoms with Gasteiger partial charge in [0.05, 0.1) is 8.95 Å². The van der Waals surface area contributed by atoms with Crippen molar-refractivity contribution in [1.29, 1.82) is 0 Å². The van der Waals surface area contributed by atoms with Crippen LogP contribution in [0.5, 0.6) is 5.75 Å². The second-order valence-electron chi connectivity index (χ2n) is 2.65. The Bertz CT molecular complexity index is 358. The van der Waals surface area contributed by atoms with Gasteiger partial charge in [-0.15, -0.1) is 0 Å². The summed E-state index contributed by atoms with van der Waals surface area (Å²) in [6.45, 7) is 0. The van der Waals surface area contributed by atoms with E-state index in [9.17, 15) is 9.90 Å². The van der Waals surface area contributed by atoms with Crippen LogP contribution < -0.4 is 5.73 Å². The molecule has 0 saturated carbocycles. The smallest absolute Gasteiger partial charge is 0.325 e. The molecule has 1 aromatic rings. The standard InChI is InChI=1S/C8H7Br2NO3/c9-4-1-3(6(11)8(13)14)2-5(10)7(4)12/h1-2,6,12H,11H2,(H,13,14)/t6-/m1/s1. The maximum Gasteiger partial charge on any atom is 0.325 e. The highest BCUT2D eigenvalue weighted by Gasteiger charge is 2.17. The Morgan fingerprint density at radius 3 is 2.14 bits per heavy atom. The van der Waals surface area contributed by atoms with Crippen LogP contribution >= 0.6 is 31.9 Å². The summed E-state index contributed by atoms with van der Waals surface area (Å²) in [6.07, 6.45) is 0. The van der Waals surface area contributed by atoms with E-state index in [0.29, 0.717) is 14.5 Å². The van der Waals surface area contributed by atoms with E-state index in [1.165, 1.54) is 12.1 Å². The maximum atomic E-state index is 10.6. The van der Waals surface area contributed by atoms with Gasteiger partial charge in [0.15, 0.2) is 0 Å². The average molecular weight is 325 g/mol. The monoisotopic (exact) mass is 323 g/mol. The van der Waals surface area contributed by atoms with Crippen molar-refractivity contribution in [3.63, 3.8) is 0 Å². The lowest BCUT2D eigenvalue weighted by Crippen LogP contribution is -2.20. The van der Waals surface area contributed by atoms with E-state index in [-0.39, 0.29) is 5.75 Å². The van der Waals surface area contributed by atoms with Crippen molar-refractivity contribution in [1.82, 2.24) is 0 Å². The summed E-state index contributed by atoms with van der Waals surface area (Å²) in [5, 5.41) is 18.0. The summed E-state index contributed by atoms with van der Waals surface area (Å²) < 4.78 is 0.803. The molecule has 0 unspecified atom stereocenters. The number of halogens is 2. The third kappa shape index (κ3) is 2.26. The van der Waals surface area contributed by atoms with Gasteiger partial charge in [-0.25, -0.2) is 0 Å². The van der Waals surface area contributed by atoms with Crippen LogP contribution in [0.25, 0.3) is 0 Å². The second-order valence-corrected chi connectivity index (χ2v) is 4.36. The topological polar surface area (TPSA) is 83.6 Å². The van der Waals surface area contributed by atoms with Crippen LogP contribution in [0.4, 0.5) is 0 Å². The molecule has 1 atom stereocenters. The van der Waals surface area contributed by atoms with Gasteiger partial charge in [0.1, 0.15) is 11.8 Å². The zero-order valence-corrected chi connectivity index (χ0v) is 10.0. The molecule has 0 aliphatic carbocycles. The fraction of sp³-hybridized carbons (Fsp3) is 0.125. The number of nitrogens with two attached hydrogens (primary N) is 1. The van der Waals surface area contributed by atoms with Gasteiger partial charge in [0.25, 0.3) is 0 Å². The largest absolute Gasteiger partial charge is 0.506 e. The number of aromatic hydroxyl groups is 1. The van der Waals surface area contributed by atoms with Crippen LogP contribution in [-0.4, -0.2) is 16.2 Å². The molecule has 0 bridgehead atoms. The molecule has 4 N–H and O–H groups in total. The predicted molar refractivity (Wildman–Crippen MR) is 58.1 cm³/mol. The first-order valence-corrected chi connectivity index (χ1v) is 5.18. The van der Waals surface area contributed by atoms with E-state index in [2.05, 4.69) is 31.9 Å². The number of aliphatic carboxylic acids is 1. The van der Waals surface area contributed by atoms with Crippen LogP contribution in [0.2, 0.25) is 0 Å². The van der Waals surface area contributed by atoms with Gasteiger partial charge in [0.2, 0.25) is 0 Å². The van der Waals surface area contributed by atoms with Crippen LogP contribution in [-0.2, 0) is 4.79 Å². The first-order valence-electron chi connectivity index (χ1n) is 3.59. The van der Waals surface area contributed by atoms with Crippen molar-refractivity contribution in [2.45, 2.75) is 6.04 Å². The summed E-state index contributed by atoms with van der Waals surface area (Å²) in [5.41, 5.74) is 5.81. The van der Waals surface area contributed by atoms with E-state index < -0.39 is 12.0 Å². The normalized spacial score (nSPS) is 12.5. The fourth-order valence-electron chi connectivity index (χ4n) is 0.907. The number of hydrogen-bond donors (Lipinski definition) is 3. The molecule has 0 aliphatic rings. The summed E-state index contributed by atoms with van der Waals surface area (Å²) in [4.78, 5) is 10.6. The highest BCUT2D eigenvalue weighted by Crippen LogP contribution is 2.34. The molecule has 0 radical (unpaired) electrons. The van der Waals surface area contributed by atoms with Gasteiger partial charge in [-0.05, 0) is 49.6 Å². The van der Waals surface area contributed by atoms with Gasteiger partial charge < -0.3 is 15.9 Å². The van der Waals surface area contributed by atoms with Crippen LogP contribution in [0.3, 0.4) is 0 Å². The van der Waals surface area contributed by atoms with Crippen molar-refractivity contribution in [3.05, 3.63) is 26.6 Å². The molecule has 0 saturated heterocycles. The van der Waals surface area contributed by atoms with Gasteiger partial charge in [-0.3, -0.25) is 4.79 Å². The Labute approximate surface area is 97.0 Å². The molecule has 0 aliphatic heterocycles. The maximum absolute atomic E-state index is 10.6. The predicted octanol–water partition coefficient (Wildman–Crippen LogP) is 2.00. The quantitative estimate of drug-likeness (QED) is 0.777. The number of carboxylic acids is 1. The molecule has 1 aromatic carbocycles. The Morgan fingerprint density at radius 1 is 1.36 bits per heavy atom. The van der Waals surface area contributed by atoms with Crippen LogP contribution in [0, 0.1) is 0 Å². The SMILES string of the molecule is N[C@@H](C(=O)O)c1cc(Br)c(O)c(Br)c1. The third-order valence-electron chi connectivity index (χ3n) is 1.66. The van der Waals surface area contributed by atoms with E-state index in [1.807, 2.05) is 0 Å². The molecule has 4 nitrogen and oxygen atoms in total. The number of benzene rings is 1. The van der Waals surface area contributed by atoms with Gasteiger partial charge >= 0.3 is 5.97 Å². The average Bonchev–Trinajstić information content (AvgIpc) is 2.12. The molecule has 0 fully saturated rings. The number of carboxylic acid groups (broad SMARTS) is 1. The highest BCUT2D eigenvalue weighted by molar-refractivity contribution is 9.11. The minimum Gasteiger partial charge on any atom is -0.506 e. The van der Waals surface area contributed by atoms with Crippen molar-refractivity contribution >= 4 is 37.8 Å². The lowest BCUT2D eigenvalue weighted by atomic mass is 10.1. The Morgan fingerprint density at radius 2 is 1.79 bits per heavy atom. The van der Waals surface area contributed by atoms with E-state index in [0.717, 1.165) is 0 Å². The van der Waals surface area contributed by atoms with Gasteiger partial charge in [-0.2, -0.15) is 0 Å². The number of hydrogen-bond acceptors (Lipinski definition) is 3. The molecule has 0 aromatic heterocycles. The van der Waals surface area contributed by atoms with Crippen LogP contribution in [0.15, 0.2) is 21.1 Å². The molecular weight excluding hydrogens is 318 g/mol. The lowest BCUT2D eigenvalue weighted by molar-refractivity contribution is -0.138. The summed E-state index contributed by atoms with van der Waals surface area (Å²) >= 11 is 6.17. The molecule has 76 valence electrons. The fourth-order valence-corrected chi connectivity index (χ4v) is 2.13. The molecule has 6 heteroatoms. The van der Waals surface area contributed by atoms with Gasteiger partial charge in [-0.1, -0.05) is 0 Å². The van der Waals surface area contributed by atoms with Crippen molar-refractivity contribution in [2.75, 3.05) is 0 Å². The minimum atomic E-state index is -1.12. The zero-order chi connectivity index (χ0) is 10.9. The molecule has 0 amide bonds. The van der Waals surface area contributed by atoms with E-state index in [1.54, 1.807) is 0 Å². The number of phenolic OH excluding ortho intramolecular Hbond substituents is 1. The summed E-state index contributed by atoms with van der Waals surface area (Å²) in [7, 11) is 0. The number of rotatable bonds is 2. The highest BCUT2D eigenvalue weighted by atomic mass is 79.9. The zero-order valence-electron chi connectivity index (χ0n) is 6.87.